The molecule has 0 saturated carbocycles. The van der Waals surface area contributed by atoms with Gasteiger partial charge in [-0.3, -0.25) is 18.9 Å². The lowest BCUT2D eigenvalue weighted by Gasteiger charge is -2.18. The van der Waals surface area contributed by atoms with Gasteiger partial charge in [-0.2, -0.15) is 4.98 Å². The molecule has 35 heavy (non-hydrogen) atoms. The Morgan fingerprint density at radius 1 is 1.26 bits per heavy atom. The summed E-state index contributed by atoms with van der Waals surface area (Å²) >= 11 is 6.65. The molecule has 9 heteroatoms. The van der Waals surface area contributed by atoms with Crippen LogP contribution in [0.3, 0.4) is 0 Å². The lowest BCUT2D eigenvalue weighted by Crippen LogP contribution is -2.35. The number of fused-ring (bicyclic) bond motifs is 1. The third kappa shape index (κ3) is 4.76. The molecule has 0 aliphatic carbocycles. The van der Waals surface area contributed by atoms with Gasteiger partial charge in [-0.15, -0.1) is 0 Å². The number of carbonyl (C=O) groups is 1. The summed E-state index contributed by atoms with van der Waals surface area (Å²) in [5, 5.41) is 0. The zero-order valence-electron chi connectivity index (χ0n) is 19.5. The largest absolute Gasteiger partial charge is 0.438 e. The minimum Gasteiger partial charge on any atom is -0.438 e. The molecule has 7 nitrogen and oxygen atoms in total. The second kappa shape index (κ2) is 9.93. The molecular formula is C26H25N3O4S2. The Morgan fingerprint density at radius 3 is 2.77 bits per heavy atom. The molecule has 0 N–H and O–H groups in total. The van der Waals surface area contributed by atoms with Crippen molar-refractivity contribution in [3.05, 3.63) is 74.5 Å². The summed E-state index contributed by atoms with van der Waals surface area (Å²) in [6.45, 7) is 5.09. The normalized spacial score (nSPS) is 19.3. The highest BCUT2D eigenvalue weighted by molar-refractivity contribution is 8.26. The van der Waals surface area contributed by atoms with Crippen LogP contribution in [0.4, 0.5) is 0 Å². The molecule has 3 aromatic rings. The van der Waals surface area contributed by atoms with Gasteiger partial charge in [0.1, 0.15) is 21.3 Å². The number of thioether (sulfide) groups is 1. The Kier molecular flexibility index (Phi) is 6.73. The van der Waals surface area contributed by atoms with Crippen molar-refractivity contribution in [2.45, 2.75) is 39.2 Å². The predicted molar refractivity (Wildman–Crippen MR) is 141 cm³/mol. The van der Waals surface area contributed by atoms with Gasteiger partial charge in [0.15, 0.2) is 0 Å². The maximum atomic E-state index is 13.5. The molecule has 1 aromatic carbocycles. The third-order valence-electron chi connectivity index (χ3n) is 6.15. The molecule has 180 valence electrons. The number of ether oxygens (including phenoxy) is 2. The highest BCUT2D eigenvalue weighted by atomic mass is 32.2. The fraction of sp³-hybridized carbons (Fsp3) is 0.308. The number of thiocarbonyl (C=S) groups is 1. The zero-order valence-corrected chi connectivity index (χ0v) is 21.2. The van der Waals surface area contributed by atoms with Crippen LogP contribution >= 0.6 is 24.0 Å². The van der Waals surface area contributed by atoms with Crippen LogP contribution in [-0.4, -0.2) is 43.8 Å². The average Bonchev–Trinajstić information content (AvgIpc) is 3.46. The van der Waals surface area contributed by atoms with Crippen molar-refractivity contribution >= 4 is 45.9 Å². The maximum Gasteiger partial charge on any atom is 0.269 e. The molecule has 2 fully saturated rings. The summed E-state index contributed by atoms with van der Waals surface area (Å²) in [4.78, 5) is 33.3. The van der Waals surface area contributed by atoms with Crippen molar-refractivity contribution in [1.82, 2.24) is 14.3 Å². The number of amides is 1. The van der Waals surface area contributed by atoms with E-state index in [1.54, 1.807) is 23.2 Å². The van der Waals surface area contributed by atoms with Gasteiger partial charge in [0.25, 0.3) is 11.5 Å². The zero-order chi connectivity index (χ0) is 24.5. The van der Waals surface area contributed by atoms with Crippen molar-refractivity contribution < 1.29 is 14.3 Å². The number of carbonyl (C=O) groups excluding carboxylic acids is 1. The van der Waals surface area contributed by atoms with Crippen LogP contribution in [0.1, 0.15) is 36.5 Å². The van der Waals surface area contributed by atoms with Crippen LogP contribution in [0.5, 0.6) is 11.6 Å². The number of pyridine rings is 1. The molecule has 1 amide bonds. The van der Waals surface area contributed by atoms with Crippen LogP contribution < -0.4 is 10.3 Å². The number of hydrogen-bond donors (Lipinski definition) is 0. The monoisotopic (exact) mass is 507 g/mol. The molecule has 1 atom stereocenters. The quantitative estimate of drug-likeness (QED) is 0.353. The van der Waals surface area contributed by atoms with Gasteiger partial charge in [0, 0.05) is 12.8 Å². The van der Waals surface area contributed by atoms with E-state index in [1.165, 1.54) is 21.7 Å². The van der Waals surface area contributed by atoms with Gasteiger partial charge in [-0.25, -0.2) is 0 Å². The molecule has 2 aliphatic heterocycles. The van der Waals surface area contributed by atoms with Crippen molar-refractivity contribution in [3.8, 4) is 11.6 Å². The molecule has 5 rings (SSSR count). The summed E-state index contributed by atoms with van der Waals surface area (Å²) in [6.07, 6.45) is 5.99. The Bertz CT molecular complexity index is 1390. The van der Waals surface area contributed by atoms with Gasteiger partial charge in [-0.1, -0.05) is 49.1 Å². The van der Waals surface area contributed by atoms with E-state index in [1.807, 2.05) is 37.3 Å². The molecule has 4 heterocycles. The van der Waals surface area contributed by atoms with Crippen LogP contribution in [0.25, 0.3) is 11.7 Å². The van der Waals surface area contributed by atoms with Crippen molar-refractivity contribution in [2.24, 2.45) is 0 Å². The highest BCUT2D eigenvalue weighted by Gasteiger charge is 2.35. The highest BCUT2D eigenvalue weighted by Crippen LogP contribution is 2.35. The van der Waals surface area contributed by atoms with Crippen molar-refractivity contribution in [3.63, 3.8) is 0 Å². The summed E-state index contributed by atoms with van der Waals surface area (Å²) in [5.41, 5.74) is 2.40. The first kappa shape index (κ1) is 23.7. The number of benzene rings is 1. The fourth-order valence-corrected chi connectivity index (χ4v) is 5.44. The maximum absolute atomic E-state index is 13.5. The standard InChI is InChI=1S/C26H25N3O4S2/c1-3-17-8-10-18(11-9-17)33-23-20(24(30)28-12-4-6-16(2)22(28)27-23)14-21-25(31)29(26(34)35-21)15-19-7-5-13-32-19/h4,6,8-12,14,19H,3,5,7,13,15H2,1-2H3/b21-14+. The first-order valence-corrected chi connectivity index (χ1v) is 12.8. The summed E-state index contributed by atoms with van der Waals surface area (Å²) in [6, 6.07) is 11.3. The second-order valence-electron chi connectivity index (χ2n) is 8.55. The van der Waals surface area contributed by atoms with Crippen molar-refractivity contribution in [1.29, 1.82) is 0 Å². The van der Waals surface area contributed by atoms with E-state index in [4.69, 9.17) is 21.7 Å². The number of rotatable bonds is 6. The summed E-state index contributed by atoms with van der Waals surface area (Å²) in [7, 11) is 0. The van der Waals surface area contributed by atoms with Crippen LogP contribution in [-0.2, 0) is 16.0 Å². The predicted octanol–water partition coefficient (Wildman–Crippen LogP) is 4.74. The van der Waals surface area contributed by atoms with Gasteiger partial charge in [0.05, 0.1) is 17.6 Å². The molecule has 1 unspecified atom stereocenters. The summed E-state index contributed by atoms with van der Waals surface area (Å²) < 4.78 is 13.7. The van der Waals surface area contributed by atoms with Crippen LogP contribution in [0, 0.1) is 6.92 Å². The SMILES string of the molecule is CCc1ccc(Oc2nc3c(C)cccn3c(=O)c2/C=C2/SC(=S)N(CC3CCCO3)C2=O)cc1. The smallest absolute Gasteiger partial charge is 0.269 e. The van der Waals surface area contributed by atoms with Crippen LogP contribution in [0.15, 0.2) is 52.3 Å². The number of hydrogen-bond acceptors (Lipinski definition) is 7. The Morgan fingerprint density at radius 2 is 2.06 bits per heavy atom. The van der Waals surface area contributed by atoms with E-state index in [9.17, 15) is 9.59 Å². The van der Waals surface area contributed by atoms with E-state index < -0.39 is 0 Å². The Hall–Kier alpha value is -3.01. The molecule has 2 aliphatic rings. The lowest BCUT2D eigenvalue weighted by atomic mass is 10.2. The van der Waals surface area contributed by atoms with E-state index in [2.05, 4.69) is 11.9 Å². The number of nitrogens with zero attached hydrogens (tertiary/aromatic N) is 3. The van der Waals surface area contributed by atoms with E-state index in [-0.39, 0.29) is 29.0 Å². The van der Waals surface area contributed by atoms with E-state index in [0.29, 0.717) is 33.8 Å². The van der Waals surface area contributed by atoms with E-state index in [0.717, 1.165) is 24.8 Å². The molecule has 0 bridgehead atoms. The van der Waals surface area contributed by atoms with Crippen molar-refractivity contribution in [2.75, 3.05) is 13.2 Å². The fourth-order valence-electron chi connectivity index (χ4n) is 4.18. The van der Waals surface area contributed by atoms with E-state index >= 15 is 0 Å². The van der Waals surface area contributed by atoms with Gasteiger partial charge >= 0.3 is 0 Å². The van der Waals surface area contributed by atoms with Gasteiger partial charge < -0.3 is 9.47 Å². The first-order valence-electron chi connectivity index (χ1n) is 11.6. The average molecular weight is 508 g/mol. The molecule has 2 saturated heterocycles. The van der Waals surface area contributed by atoms with Gasteiger partial charge in [0.2, 0.25) is 5.88 Å². The lowest BCUT2D eigenvalue weighted by molar-refractivity contribution is -0.123. The minimum absolute atomic E-state index is 0.0160. The molecule has 2 aromatic heterocycles. The third-order valence-corrected chi connectivity index (χ3v) is 7.53. The molecule has 0 spiro atoms. The second-order valence-corrected chi connectivity index (χ2v) is 10.2. The van der Waals surface area contributed by atoms with Gasteiger partial charge in [-0.05, 0) is 61.6 Å². The number of aromatic nitrogens is 2. The minimum atomic E-state index is -0.316. The first-order chi connectivity index (χ1) is 16.9. The Balaban J connectivity index is 1.56. The summed E-state index contributed by atoms with van der Waals surface area (Å²) in [5.74, 6) is 0.480. The topological polar surface area (TPSA) is 73.1 Å². The number of aryl methyl sites for hydroxylation is 2. The molecular weight excluding hydrogens is 482 g/mol. The Labute approximate surface area is 212 Å². The molecule has 0 radical (unpaired) electrons. The van der Waals surface area contributed by atoms with Crippen LogP contribution in [0.2, 0.25) is 0 Å².